The first-order chi connectivity index (χ1) is 11.0. The summed E-state index contributed by atoms with van der Waals surface area (Å²) in [5.41, 5.74) is 0.476. The number of benzene rings is 2. The maximum absolute atomic E-state index is 12.2. The van der Waals surface area contributed by atoms with Gasteiger partial charge in [0.05, 0.1) is 0 Å². The van der Waals surface area contributed by atoms with E-state index in [1.54, 1.807) is 48.5 Å². The lowest BCUT2D eigenvalue weighted by Crippen LogP contribution is -2.11. The van der Waals surface area contributed by atoms with Crippen molar-refractivity contribution in [3.8, 4) is 0 Å². The fourth-order valence-corrected chi connectivity index (χ4v) is 2.41. The lowest BCUT2D eigenvalue weighted by Gasteiger charge is -2.00. The molecule has 5 heteroatoms. The highest BCUT2D eigenvalue weighted by atomic mass is 35.5. The van der Waals surface area contributed by atoms with Crippen molar-refractivity contribution in [3.63, 3.8) is 0 Å². The third-order valence-corrected chi connectivity index (χ3v) is 3.74. The number of allylic oxidation sites excluding steroid dienone is 1. The molecule has 0 amide bonds. The van der Waals surface area contributed by atoms with Crippen molar-refractivity contribution in [3.05, 3.63) is 86.2 Å². The van der Waals surface area contributed by atoms with Crippen LogP contribution in [0.1, 0.15) is 15.9 Å². The first-order valence-electron chi connectivity index (χ1n) is 6.74. The quantitative estimate of drug-likeness (QED) is 0.381. The minimum absolute atomic E-state index is 0.0371. The predicted octanol–water partition coefficient (Wildman–Crippen LogP) is 5.00. The van der Waals surface area contributed by atoms with Gasteiger partial charge in [0.2, 0.25) is 0 Å². The molecule has 0 bridgehead atoms. The third-order valence-electron chi connectivity index (χ3n) is 3.26. The van der Waals surface area contributed by atoms with E-state index in [9.17, 15) is 9.59 Å². The van der Waals surface area contributed by atoms with Crippen molar-refractivity contribution in [2.45, 2.75) is 0 Å². The summed E-state index contributed by atoms with van der Waals surface area (Å²) in [6.07, 6.45) is 2.94. The van der Waals surface area contributed by atoms with Gasteiger partial charge >= 0.3 is 5.63 Å². The Morgan fingerprint density at radius 1 is 0.957 bits per heavy atom. The van der Waals surface area contributed by atoms with Gasteiger partial charge in [-0.2, -0.15) is 0 Å². The topological polar surface area (TPSA) is 47.3 Å². The summed E-state index contributed by atoms with van der Waals surface area (Å²) in [6.45, 7) is 0. The molecule has 0 aliphatic carbocycles. The number of hydrogen-bond acceptors (Lipinski definition) is 3. The molecule has 3 nitrogen and oxygen atoms in total. The molecule has 3 rings (SSSR count). The van der Waals surface area contributed by atoms with Crippen LogP contribution in [0.3, 0.4) is 0 Å². The van der Waals surface area contributed by atoms with Crippen LogP contribution in [-0.2, 0) is 0 Å². The summed E-state index contributed by atoms with van der Waals surface area (Å²) in [4.78, 5) is 24.2. The van der Waals surface area contributed by atoms with Gasteiger partial charge in [0.15, 0.2) is 5.78 Å². The second kappa shape index (κ2) is 6.41. The SMILES string of the molecule is O=C(C=Cc1ccc(Cl)cc1)c1cc2cc(Cl)ccc2oc1=O. The molecule has 1 aromatic heterocycles. The van der Waals surface area contributed by atoms with E-state index in [1.807, 2.05) is 0 Å². The number of fused-ring (bicyclic) bond motifs is 1. The van der Waals surface area contributed by atoms with Gasteiger partial charge in [-0.15, -0.1) is 0 Å². The van der Waals surface area contributed by atoms with Crippen molar-refractivity contribution in [2.24, 2.45) is 0 Å². The summed E-state index contributed by atoms with van der Waals surface area (Å²) < 4.78 is 5.15. The standard InChI is InChI=1S/C18H10Cl2O3/c19-13-4-1-11(2-5-13)3-7-16(21)15-10-12-9-14(20)6-8-17(12)23-18(15)22/h1-10H. The Balaban J connectivity index is 1.95. The van der Waals surface area contributed by atoms with Crippen molar-refractivity contribution >= 4 is 46.0 Å². The van der Waals surface area contributed by atoms with Crippen LogP contribution in [0.15, 0.2) is 63.8 Å². The van der Waals surface area contributed by atoms with Crippen LogP contribution < -0.4 is 5.63 Å². The molecule has 0 saturated heterocycles. The van der Waals surface area contributed by atoms with E-state index < -0.39 is 11.4 Å². The minimum Gasteiger partial charge on any atom is -0.422 e. The second-order valence-corrected chi connectivity index (χ2v) is 5.75. The summed E-state index contributed by atoms with van der Waals surface area (Å²) in [5, 5.41) is 1.71. The molecule has 23 heavy (non-hydrogen) atoms. The molecule has 114 valence electrons. The van der Waals surface area contributed by atoms with Crippen LogP contribution in [0.5, 0.6) is 0 Å². The number of rotatable bonds is 3. The molecular formula is C18H10Cl2O3. The maximum Gasteiger partial charge on any atom is 0.347 e. The number of halogens is 2. The second-order valence-electron chi connectivity index (χ2n) is 4.88. The van der Waals surface area contributed by atoms with Crippen molar-refractivity contribution in [2.75, 3.05) is 0 Å². The van der Waals surface area contributed by atoms with Gasteiger partial charge in [-0.05, 0) is 48.0 Å². The van der Waals surface area contributed by atoms with E-state index in [1.165, 1.54) is 12.1 Å². The van der Waals surface area contributed by atoms with Crippen LogP contribution in [0.25, 0.3) is 17.0 Å². The van der Waals surface area contributed by atoms with Gasteiger partial charge in [0, 0.05) is 15.4 Å². The van der Waals surface area contributed by atoms with E-state index in [0.29, 0.717) is 21.0 Å². The molecular weight excluding hydrogens is 335 g/mol. The van der Waals surface area contributed by atoms with Crippen LogP contribution in [0, 0.1) is 0 Å². The Morgan fingerprint density at radius 3 is 2.39 bits per heavy atom. The smallest absolute Gasteiger partial charge is 0.347 e. The lowest BCUT2D eigenvalue weighted by molar-refractivity contribution is 0.104. The van der Waals surface area contributed by atoms with E-state index in [2.05, 4.69) is 0 Å². The zero-order valence-electron chi connectivity index (χ0n) is 11.8. The van der Waals surface area contributed by atoms with E-state index in [0.717, 1.165) is 5.56 Å². The predicted molar refractivity (Wildman–Crippen MR) is 92.3 cm³/mol. The van der Waals surface area contributed by atoms with Crippen molar-refractivity contribution < 1.29 is 9.21 Å². The first kappa shape index (κ1) is 15.5. The maximum atomic E-state index is 12.2. The summed E-state index contributed by atoms with van der Waals surface area (Å²) in [5.74, 6) is -0.435. The minimum atomic E-state index is -0.675. The number of ketones is 1. The van der Waals surface area contributed by atoms with Crippen molar-refractivity contribution in [1.82, 2.24) is 0 Å². The summed E-state index contributed by atoms with van der Waals surface area (Å²) in [6, 6.07) is 13.3. The lowest BCUT2D eigenvalue weighted by atomic mass is 10.1. The molecule has 1 heterocycles. The molecule has 0 unspecified atom stereocenters. The van der Waals surface area contributed by atoms with Crippen LogP contribution in [0.2, 0.25) is 10.0 Å². The van der Waals surface area contributed by atoms with Crippen LogP contribution in [-0.4, -0.2) is 5.78 Å². The molecule has 0 aliphatic rings. The molecule has 0 aliphatic heterocycles. The molecule has 0 N–H and O–H groups in total. The Kier molecular flexibility index (Phi) is 4.33. The monoisotopic (exact) mass is 344 g/mol. The fraction of sp³-hybridized carbons (Fsp3) is 0. The number of carbonyl (C=O) groups is 1. The Bertz CT molecular complexity index is 970. The van der Waals surface area contributed by atoms with Gasteiger partial charge < -0.3 is 4.42 Å². The van der Waals surface area contributed by atoms with Crippen LogP contribution in [0.4, 0.5) is 0 Å². The highest BCUT2D eigenvalue weighted by Crippen LogP contribution is 2.19. The van der Waals surface area contributed by atoms with E-state index >= 15 is 0 Å². The Morgan fingerprint density at radius 2 is 1.65 bits per heavy atom. The molecule has 0 radical (unpaired) electrons. The van der Waals surface area contributed by atoms with Gasteiger partial charge in [-0.3, -0.25) is 4.79 Å². The average molecular weight is 345 g/mol. The van der Waals surface area contributed by atoms with E-state index in [-0.39, 0.29) is 5.56 Å². The molecule has 2 aromatic carbocycles. The number of carbonyl (C=O) groups excluding carboxylic acids is 1. The summed E-state index contributed by atoms with van der Waals surface area (Å²) in [7, 11) is 0. The summed E-state index contributed by atoms with van der Waals surface area (Å²) >= 11 is 11.7. The molecule has 0 spiro atoms. The number of hydrogen-bond donors (Lipinski definition) is 0. The normalized spacial score (nSPS) is 11.2. The zero-order valence-corrected chi connectivity index (χ0v) is 13.3. The van der Waals surface area contributed by atoms with Gasteiger partial charge in [-0.25, -0.2) is 4.79 Å². The third kappa shape index (κ3) is 3.52. The molecule has 0 fully saturated rings. The van der Waals surface area contributed by atoms with E-state index in [4.69, 9.17) is 27.6 Å². The van der Waals surface area contributed by atoms with Gasteiger partial charge in [0.1, 0.15) is 11.1 Å². The van der Waals surface area contributed by atoms with Gasteiger partial charge in [-0.1, -0.05) is 41.4 Å². The zero-order chi connectivity index (χ0) is 16.4. The molecule has 3 aromatic rings. The Hall–Kier alpha value is -2.36. The van der Waals surface area contributed by atoms with Crippen molar-refractivity contribution in [1.29, 1.82) is 0 Å². The average Bonchev–Trinajstić information content (AvgIpc) is 2.54. The first-order valence-corrected chi connectivity index (χ1v) is 7.50. The Labute approximate surface area is 141 Å². The molecule has 0 saturated carbocycles. The van der Waals surface area contributed by atoms with Gasteiger partial charge in [0.25, 0.3) is 0 Å². The van der Waals surface area contributed by atoms with Crippen LogP contribution >= 0.6 is 23.2 Å². The highest BCUT2D eigenvalue weighted by Gasteiger charge is 2.11. The molecule has 0 atom stereocenters. The largest absolute Gasteiger partial charge is 0.422 e. The fourth-order valence-electron chi connectivity index (χ4n) is 2.10. The highest BCUT2D eigenvalue weighted by molar-refractivity contribution is 6.31.